The minimum Gasteiger partial charge on any atom is -0.479 e. The van der Waals surface area contributed by atoms with E-state index in [0.29, 0.717) is 19.4 Å². The number of hydrogen-bond acceptors (Lipinski definition) is 3. The standard InChI is InChI=1S/C10H16N2O4/c1-2-3-4-6-11-10(16)12-7-5-8(13)9(14)15/h1,8,13H,3-7H2,(H,14,15)(H2,11,12,16). The molecule has 0 fully saturated rings. The van der Waals surface area contributed by atoms with Gasteiger partial charge in [0, 0.05) is 25.9 Å². The Morgan fingerprint density at radius 3 is 2.50 bits per heavy atom. The van der Waals surface area contributed by atoms with Gasteiger partial charge in [0.25, 0.3) is 0 Å². The number of rotatable bonds is 7. The Hall–Kier alpha value is -1.74. The normalized spacial score (nSPS) is 11.2. The maximum absolute atomic E-state index is 11.1. The van der Waals surface area contributed by atoms with Crippen molar-refractivity contribution in [2.75, 3.05) is 13.1 Å². The molecule has 0 aliphatic rings. The lowest BCUT2D eigenvalue weighted by Crippen LogP contribution is -2.38. The van der Waals surface area contributed by atoms with Gasteiger partial charge in [-0.15, -0.1) is 12.3 Å². The minimum absolute atomic E-state index is 0.0207. The summed E-state index contributed by atoms with van der Waals surface area (Å²) in [5.74, 6) is 1.15. The highest BCUT2D eigenvalue weighted by Crippen LogP contribution is 1.89. The molecule has 0 heterocycles. The summed E-state index contributed by atoms with van der Waals surface area (Å²) in [7, 11) is 0. The first-order chi connectivity index (χ1) is 7.57. The Kier molecular flexibility index (Phi) is 7.63. The lowest BCUT2D eigenvalue weighted by Gasteiger charge is -2.08. The van der Waals surface area contributed by atoms with Gasteiger partial charge in [-0.25, -0.2) is 9.59 Å². The van der Waals surface area contributed by atoms with Crippen LogP contribution in [0.2, 0.25) is 0 Å². The first-order valence-corrected chi connectivity index (χ1v) is 4.94. The van der Waals surface area contributed by atoms with E-state index in [9.17, 15) is 9.59 Å². The first-order valence-electron chi connectivity index (χ1n) is 4.94. The van der Waals surface area contributed by atoms with Crippen molar-refractivity contribution < 1.29 is 19.8 Å². The average molecular weight is 228 g/mol. The fourth-order valence-electron chi connectivity index (χ4n) is 0.901. The molecule has 1 atom stereocenters. The number of nitrogens with one attached hydrogen (secondary N) is 2. The number of aliphatic hydroxyl groups is 1. The van der Waals surface area contributed by atoms with E-state index in [4.69, 9.17) is 16.6 Å². The van der Waals surface area contributed by atoms with Crippen LogP contribution in [0.15, 0.2) is 0 Å². The molecule has 0 aromatic rings. The van der Waals surface area contributed by atoms with Crippen LogP contribution in [0, 0.1) is 12.3 Å². The molecule has 0 aliphatic carbocycles. The topological polar surface area (TPSA) is 98.7 Å². The second kappa shape index (κ2) is 8.56. The van der Waals surface area contributed by atoms with Gasteiger partial charge in [-0.2, -0.15) is 0 Å². The minimum atomic E-state index is -1.44. The van der Waals surface area contributed by atoms with Gasteiger partial charge in [0.1, 0.15) is 0 Å². The van der Waals surface area contributed by atoms with Crippen LogP contribution >= 0.6 is 0 Å². The molecule has 4 N–H and O–H groups in total. The summed E-state index contributed by atoms with van der Waals surface area (Å²) in [6.45, 7) is 0.575. The summed E-state index contributed by atoms with van der Waals surface area (Å²) < 4.78 is 0. The smallest absolute Gasteiger partial charge is 0.332 e. The third-order valence-corrected chi connectivity index (χ3v) is 1.77. The summed E-state index contributed by atoms with van der Waals surface area (Å²) in [5, 5.41) is 22.2. The summed E-state index contributed by atoms with van der Waals surface area (Å²) in [5.41, 5.74) is 0. The molecule has 0 aromatic heterocycles. The van der Waals surface area contributed by atoms with Crippen molar-refractivity contribution in [2.45, 2.75) is 25.4 Å². The van der Waals surface area contributed by atoms with Crippen molar-refractivity contribution in [1.29, 1.82) is 0 Å². The highest BCUT2D eigenvalue weighted by atomic mass is 16.4. The van der Waals surface area contributed by atoms with Gasteiger partial charge < -0.3 is 20.8 Å². The summed E-state index contributed by atoms with van der Waals surface area (Å²) in [6, 6.07) is -0.394. The fraction of sp³-hybridized carbons (Fsp3) is 0.600. The van der Waals surface area contributed by atoms with E-state index >= 15 is 0 Å². The lowest BCUT2D eigenvalue weighted by molar-refractivity contribution is -0.146. The van der Waals surface area contributed by atoms with E-state index in [1.807, 2.05) is 0 Å². The zero-order valence-corrected chi connectivity index (χ0v) is 8.90. The van der Waals surface area contributed by atoms with E-state index in [1.54, 1.807) is 0 Å². The van der Waals surface area contributed by atoms with Crippen molar-refractivity contribution in [1.82, 2.24) is 10.6 Å². The number of aliphatic hydroxyl groups excluding tert-OH is 1. The SMILES string of the molecule is C#CCCCNC(=O)NCCC(O)C(=O)O. The van der Waals surface area contributed by atoms with E-state index in [2.05, 4.69) is 16.6 Å². The van der Waals surface area contributed by atoms with Gasteiger partial charge in [0.05, 0.1) is 0 Å². The number of carboxylic acid groups (broad SMARTS) is 1. The first kappa shape index (κ1) is 14.3. The van der Waals surface area contributed by atoms with Crippen molar-refractivity contribution in [3.63, 3.8) is 0 Å². The zero-order chi connectivity index (χ0) is 12.4. The number of amides is 2. The van der Waals surface area contributed by atoms with Crippen molar-refractivity contribution in [3.05, 3.63) is 0 Å². The molecule has 16 heavy (non-hydrogen) atoms. The number of unbranched alkanes of at least 4 members (excludes halogenated alkanes) is 1. The Morgan fingerprint density at radius 2 is 1.94 bits per heavy atom. The third-order valence-electron chi connectivity index (χ3n) is 1.77. The van der Waals surface area contributed by atoms with Gasteiger partial charge in [-0.1, -0.05) is 0 Å². The number of carboxylic acids is 1. The van der Waals surface area contributed by atoms with E-state index in [0.717, 1.165) is 0 Å². The van der Waals surface area contributed by atoms with Crippen molar-refractivity contribution in [2.24, 2.45) is 0 Å². The fourth-order valence-corrected chi connectivity index (χ4v) is 0.901. The lowest BCUT2D eigenvalue weighted by atomic mass is 10.2. The molecule has 2 amide bonds. The van der Waals surface area contributed by atoms with Crippen LogP contribution in [0.1, 0.15) is 19.3 Å². The average Bonchev–Trinajstić information content (AvgIpc) is 2.24. The highest BCUT2D eigenvalue weighted by Gasteiger charge is 2.12. The van der Waals surface area contributed by atoms with Crippen LogP contribution in [0.3, 0.4) is 0 Å². The predicted molar refractivity (Wildman–Crippen MR) is 57.7 cm³/mol. The van der Waals surface area contributed by atoms with E-state index < -0.39 is 18.1 Å². The summed E-state index contributed by atoms with van der Waals surface area (Å²) in [6.07, 6.45) is 4.85. The van der Waals surface area contributed by atoms with Crippen LogP contribution in [0.4, 0.5) is 4.79 Å². The van der Waals surface area contributed by atoms with E-state index in [-0.39, 0.29) is 13.0 Å². The molecule has 0 saturated carbocycles. The second-order valence-electron chi connectivity index (χ2n) is 3.13. The van der Waals surface area contributed by atoms with Gasteiger partial charge in [-0.05, 0) is 6.42 Å². The Morgan fingerprint density at radius 1 is 1.31 bits per heavy atom. The van der Waals surface area contributed by atoms with Crippen LogP contribution in [0.5, 0.6) is 0 Å². The van der Waals surface area contributed by atoms with Crippen LogP contribution < -0.4 is 10.6 Å². The number of carbonyl (C=O) groups excluding carboxylic acids is 1. The van der Waals surface area contributed by atoms with Crippen molar-refractivity contribution in [3.8, 4) is 12.3 Å². The molecular formula is C10H16N2O4. The largest absolute Gasteiger partial charge is 0.479 e. The molecule has 0 aromatic carbocycles. The van der Waals surface area contributed by atoms with Gasteiger partial charge in [0.2, 0.25) is 0 Å². The molecule has 0 aliphatic heterocycles. The van der Waals surface area contributed by atoms with Crippen LogP contribution in [-0.2, 0) is 4.79 Å². The van der Waals surface area contributed by atoms with Gasteiger partial charge >= 0.3 is 12.0 Å². The highest BCUT2D eigenvalue weighted by molar-refractivity contribution is 5.74. The molecule has 0 rings (SSSR count). The predicted octanol–water partition coefficient (Wildman–Crippen LogP) is -0.465. The van der Waals surface area contributed by atoms with E-state index in [1.165, 1.54) is 0 Å². The van der Waals surface area contributed by atoms with Crippen LogP contribution in [-0.4, -0.2) is 41.4 Å². The summed E-state index contributed by atoms with van der Waals surface area (Å²) >= 11 is 0. The number of aliphatic carboxylic acids is 1. The molecule has 6 nitrogen and oxygen atoms in total. The number of urea groups is 1. The van der Waals surface area contributed by atoms with Crippen molar-refractivity contribution >= 4 is 12.0 Å². The van der Waals surface area contributed by atoms with Gasteiger partial charge in [0.15, 0.2) is 6.10 Å². The maximum Gasteiger partial charge on any atom is 0.332 e. The van der Waals surface area contributed by atoms with Gasteiger partial charge in [-0.3, -0.25) is 0 Å². The van der Waals surface area contributed by atoms with Crippen LogP contribution in [0.25, 0.3) is 0 Å². The Bertz CT molecular complexity index is 272. The Labute approximate surface area is 94.0 Å². The molecule has 0 saturated heterocycles. The molecule has 0 spiro atoms. The number of hydrogen-bond donors (Lipinski definition) is 4. The molecular weight excluding hydrogens is 212 g/mol. The molecule has 0 radical (unpaired) electrons. The number of terminal acetylenes is 1. The summed E-state index contributed by atoms with van der Waals surface area (Å²) in [4.78, 5) is 21.3. The third kappa shape index (κ3) is 7.64. The molecule has 6 heteroatoms. The molecule has 90 valence electrons. The monoisotopic (exact) mass is 228 g/mol. The quantitative estimate of drug-likeness (QED) is 0.350. The maximum atomic E-state index is 11.1. The Balaban J connectivity index is 3.44. The second-order valence-corrected chi connectivity index (χ2v) is 3.13. The number of carbonyl (C=O) groups is 2. The molecule has 1 unspecified atom stereocenters. The molecule has 0 bridgehead atoms. The zero-order valence-electron chi connectivity index (χ0n) is 8.90.